The summed E-state index contributed by atoms with van der Waals surface area (Å²) in [5.41, 5.74) is 2.73. The van der Waals surface area contributed by atoms with Gasteiger partial charge in [0.15, 0.2) is 0 Å². The lowest BCUT2D eigenvalue weighted by Gasteiger charge is -2.25. The number of hydrogen-bond acceptors (Lipinski definition) is 3. The van der Waals surface area contributed by atoms with Crippen molar-refractivity contribution in [2.24, 2.45) is 5.92 Å². The topological polar surface area (TPSA) is 46.6 Å². The van der Waals surface area contributed by atoms with Gasteiger partial charge >= 0.3 is 5.97 Å². The summed E-state index contributed by atoms with van der Waals surface area (Å²) in [4.78, 5) is 26.3. The van der Waals surface area contributed by atoms with E-state index in [4.69, 9.17) is 4.74 Å². The monoisotopic (exact) mass is 309 g/mol. The Morgan fingerprint density at radius 1 is 1.09 bits per heavy atom. The Labute approximate surface area is 135 Å². The van der Waals surface area contributed by atoms with Gasteiger partial charge in [0.1, 0.15) is 6.10 Å². The molecule has 118 valence electrons. The number of esters is 1. The number of carbonyl (C=O) groups excluding carboxylic acids is 2. The van der Waals surface area contributed by atoms with E-state index in [1.807, 2.05) is 61.5 Å². The molecule has 0 aromatic heterocycles. The number of rotatable bonds is 3. The lowest BCUT2D eigenvalue weighted by molar-refractivity contribution is -0.141. The van der Waals surface area contributed by atoms with Gasteiger partial charge in [0.25, 0.3) is 0 Å². The summed E-state index contributed by atoms with van der Waals surface area (Å²) in [7, 11) is 1.75. The lowest BCUT2D eigenvalue weighted by Crippen LogP contribution is -2.34. The molecule has 0 saturated carbocycles. The van der Waals surface area contributed by atoms with E-state index in [1.54, 1.807) is 11.9 Å². The van der Waals surface area contributed by atoms with Crippen LogP contribution in [-0.4, -0.2) is 18.9 Å². The minimum Gasteiger partial charge on any atom is -0.457 e. The number of para-hydroxylation sites is 1. The fourth-order valence-electron chi connectivity index (χ4n) is 3.03. The maximum absolute atomic E-state index is 12.9. The maximum Gasteiger partial charge on any atom is 0.307 e. The third kappa shape index (κ3) is 2.97. The number of hydrogen-bond donors (Lipinski definition) is 0. The van der Waals surface area contributed by atoms with Crippen molar-refractivity contribution in [3.63, 3.8) is 0 Å². The van der Waals surface area contributed by atoms with E-state index in [9.17, 15) is 9.59 Å². The predicted molar refractivity (Wildman–Crippen MR) is 88.0 cm³/mol. The van der Waals surface area contributed by atoms with Crippen LogP contribution >= 0.6 is 0 Å². The molecule has 2 aromatic rings. The average Bonchev–Trinajstić information content (AvgIpc) is 2.96. The zero-order valence-electron chi connectivity index (χ0n) is 13.2. The Bertz CT molecular complexity index is 726. The Hall–Kier alpha value is -2.62. The summed E-state index contributed by atoms with van der Waals surface area (Å²) in [6.07, 6.45) is -0.392. The molecule has 1 fully saturated rings. The molecule has 0 spiro atoms. The smallest absolute Gasteiger partial charge is 0.307 e. The van der Waals surface area contributed by atoms with Crippen molar-refractivity contribution >= 4 is 17.6 Å². The third-order valence-electron chi connectivity index (χ3n) is 4.26. The number of nitrogens with zero attached hydrogens (tertiary/aromatic N) is 1. The highest BCUT2D eigenvalue weighted by Gasteiger charge is 2.42. The second kappa shape index (κ2) is 6.24. The molecule has 1 amide bonds. The van der Waals surface area contributed by atoms with Gasteiger partial charge in [-0.15, -0.1) is 0 Å². The molecule has 1 aliphatic rings. The zero-order chi connectivity index (χ0) is 16.4. The van der Waals surface area contributed by atoms with E-state index in [1.165, 1.54) is 0 Å². The van der Waals surface area contributed by atoms with Gasteiger partial charge in [0, 0.05) is 12.7 Å². The van der Waals surface area contributed by atoms with Crippen LogP contribution in [0.3, 0.4) is 0 Å². The number of amides is 1. The van der Waals surface area contributed by atoms with Gasteiger partial charge in [0.2, 0.25) is 5.91 Å². The molecule has 0 N–H and O–H groups in total. The Morgan fingerprint density at radius 3 is 2.43 bits per heavy atom. The highest BCUT2D eigenvalue weighted by molar-refractivity contribution is 5.98. The molecule has 1 heterocycles. The molecule has 1 aliphatic heterocycles. The molecule has 23 heavy (non-hydrogen) atoms. The first-order valence-corrected chi connectivity index (χ1v) is 7.65. The first-order valence-electron chi connectivity index (χ1n) is 7.65. The number of carbonyl (C=O) groups is 2. The Morgan fingerprint density at radius 2 is 1.74 bits per heavy atom. The minimum atomic E-state index is -0.511. The van der Waals surface area contributed by atoms with Crippen LogP contribution in [-0.2, 0) is 14.3 Å². The molecular weight excluding hydrogens is 290 g/mol. The van der Waals surface area contributed by atoms with Gasteiger partial charge < -0.3 is 9.64 Å². The van der Waals surface area contributed by atoms with Gasteiger partial charge in [0.05, 0.1) is 12.3 Å². The van der Waals surface area contributed by atoms with Crippen LogP contribution in [0.5, 0.6) is 0 Å². The van der Waals surface area contributed by atoms with Crippen molar-refractivity contribution in [1.82, 2.24) is 0 Å². The summed E-state index contributed by atoms with van der Waals surface area (Å²) >= 11 is 0. The van der Waals surface area contributed by atoms with Crippen LogP contribution in [0.15, 0.2) is 54.6 Å². The van der Waals surface area contributed by atoms with E-state index in [2.05, 4.69) is 0 Å². The molecule has 0 radical (unpaired) electrons. The van der Waals surface area contributed by atoms with E-state index in [0.29, 0.717) is 0 Å². The highest BCUT2D eigenvalue weighted by Crippen LogP contribution is 2.37. The quantitative estimate of drug-likeness (QED) is 0.818. The van der Waals surface area contributed by atoms with E-state index in [-0.39, 0.29) is 18.3 Å². The summed E-state index contributed by atoms with van der Waals surface area (Å²) in [5.74, 6) is -0.913. The molecule has 4 nitrogen and oxygen atoms in total. The number of cyclic esters (lactones) is 1. The van der Waals surface area contributed by atoms with Gasteiger partial charge in [-0.3, -0.25) is 9.59 Å². The minimum absolute atomic E-state index is 0.0981. The number of ether oxygens (including phenoxy) is 1. The highest BCUT2D eigenvalue weighted by atomic mass is 16.6. The molecular formula is C19H19NO3. The first kappa shape index (κ1) is 15.3. The van der Waals surface area contributed by atoms with Crippen molar-refractivity contribution in [3.05, 3.63) is 65.7 Å². The normalized spacial score (nSPS) is 20.2. The van der Waals surface area contributed by atoms with Crippen molar-refractivity contribution in [3.8, 4) is 0 Å². The number of aryl methyl sites for hydroxylation is 1. The Balaban J connectivity index is 1.88. The van der Waals surface area contributed by atoms with Crippen LogP contribution in [0.25, 0.3) is 0 Å². The van der Waals surface area contributed by atoms with Crippen molar-refractivity contribution in [1.29, 1.82) is 0 Å². The summed E-state index contributed by atoms with van der Waals surface area (Å²) < 4.78 is 5.41. The van der Waals surface area contributed by atoms with Crippen molar-refractivity contribution in [2.45, 2.75) is 19.4 Å². The number of benzene rings is 2. The molecule has 0 unspecified atom stereocenters. The fraction of sp³-hybridized carbons (Fsp3) is 0.263. The van der Waals surface area contributed by atoms with Crippen LogP contribution < -0.4 is 4.90 Å². The van der Waals surface area contributed by atoms with Gasteiger partial charge in [-0.05, 0) is 24.1 Å². The molecule has 1 saturated heterocycles. The third-order valence-corrected chi connectivity index (χ3v) is 4.26. The van der Waals surface area contributed by atoms with E-state index >= 15 is 0 Å². The number of anilines is 1. The molecule has 2 atom stereocenters. The molecule has 0 bridgehead atoms. The average molecular weight is 309 g/mol. The summed E-state index contributed by atoms with van der Waals surface area (Å²) in [5, 5.41) is 0. The lowest BCUT2D eigenvalue weighted by atomic mass is 9.93. The Kier molecular flexibility index (Phi) is 4.15. The van der Waals surface area contributed by atoms with Crippen LogP contribution in [0.1, 0.15) is 23.7 Å². The molecule has 2 aromatic carbocycles. The van der Waals surface area contributed by atoms with Crippen LogP contribution in [0.2, 0.25) is 0 Å². The largest absolute Gasteiger partial charge is 0.457 e. The molecule has 3 rings (SSSR count). The van der Waals surface area contributed by atoms with Crippen molar-refractivity contribution < 1.29 is 14.3 Å². The van der Waals surface area contributed by atoms with Gasteiger partial charge in [-0.2, -0.15) is 0 Å². The van der Waals surface area contributed by atoms with Crippen LogP contribution in [0.4, 0.5) is 5.69 Å². The fourth-order valence-corrected chi connectivity index (χ4v) is 3.03. The summed E-state index contributed by atoms with van der Waals surface area (Å²) in [6, 6.07) is 17.1. The van der Waals surface area contributed by atoms with E-state index in [0.717, 1.165) is 16.8 Å². The summed E-state index contributed by atoms with van der Waals surface area (Å²) in [6.45, 7) is 1.96. The van der Waals surface area contributed by atoms with Gasteiger partial charge in [-0.1, -0.05) is 48.5 Å². The first-order chi connectivity index (χ1) is 11.1. The zero-order valence-corrected chi connectivity index (χ0v) is 13.2. The van der Waals surface area contributed by atoms with E-state index < -0.39 is 12.0 Å². The van der Waals surface area contributed by atoms with Crippen molar-refractivity contribution in [2.75, 3.05) is 11.9 Å². The van der Waals surface area contributed by atoms with Gasteiger partial charge in [-0.25, -0.2) is 0 Å². The second-order valence-corrected chi connectivity index (χ2v) is 5.82. The second-order valence-electron chi connectivity index (χ2n) is 5.82. The maximum atomic E-state index is 12.9. The molecule has 4 heteroatoms. The standard InChI is InChI=1S/C19H19NO3/c1-13-8-6-7-11-16(13)20(2)19(22)15-12-17(21)23-18(15)14-9-4-3-5-10-14/h3-11,15,18H,12H2,1-2H3/t15-,18-/m1/s1. The van der Waals surface area contributed by atoms with Crippen LogP contribution in [0, 0.1) is 12.8 Å². The SMILES string of the molecule is Cc1ccccc1N(C)C(=O)[C@@H]1CC(=O)O[C@@H]1c1ccccc1. The molecule has 0 aliphatic carbocycles. The predicted octanol–water partition coefficient (Wildman–Crippen LogP) is 3.26.